The molecule has 0 aliphatic carbocycles. The van der Waals surface area contributed by atoms with E-state index >= 15 is 0 Å². The molecule has 0 radical (unpaired) electrons. The van der Waals surface area contributed by atoms with E-state index in [0.29, 0.717) is 55.4 Å². The summed E-state index contributed by atoms with van der Waals surface area (Å²) in [6.07, 6.45) is 3.12. The topological polar surface area (TPSA) is 519 Å². The van der Waals surface area contributed by atoms with Gasteiger partial charge in [-0.25, -0.2) is 0 Å². The lowest BCUT2D eigenvalue weighted by molar-refractivity contribution is -0.144. The second-order valence-corrected chi connectivity index (χ2v) is 25.1. The van der Waals surface area contributed by atoms with Crippen LogP contribution in [0.3, 0.4) is 0 Å². The van der Waals surface area contributed by atoms with Gasteiger partial charge in [-0.2, -0.15) is 11.8 Å². The zero-order valence-corrected chi connectivity index (χ0v) is 55.3. The summed E-state index contributed by atoms with van der Waals surface area (Å²) in [5, 5.41) is 21.1. The molecule has 2 aliphatic rings. The molecule has 0 saturated carbocycles. The van der Waals surface area contributed by atoms with E-state index in [2.05, 4.69) is 47.5 Å². The Bertz CT molecular complexity index is 2960. The van der Waals surface area contributed by atoms with Crippen LogP contribution >= 0.6 is 11.8 Å². The molecule has 0 aromatic heterocycles. The molecule has 2 aromatic carbocycles. The van der Waals surface area contributed by atoms with E-state index in [9.17, 15) is 62.3 Å². The molecule has 10 atom stereocenters. The van der Waals surface area contributed by atoms with Gasteiger partial charge < -0.3 is 92.5 Å². The van der Waals surface area contributed by atoms with Gasteiger partial charge in [0.1, 0.15) is 54.4 Å². The SMILES string of the molecule is CSCC[C@H](NC(=O)[C@H](CC(C)C)NC(=O)CNC(=O)[C@@H](Cc1ccccc1)NC(=O)[C@@H](Cc1ccccc1)NC(=O)[C@H](CCC(N)=O)NC(=O)[C@H](CCC(N)=O)NC(=O)[C@H]1CCCN1C(=O)[C@@H](CCCCN)NC(=O)[C@@H]1CCCN1C(=O)[C@H](N)CCCN=C(N)N)C(N)=O. The van der Waals surface area contributed by atoms with E-state index in [4.69, 9.17) is 40.1 Å². The summed E-state index contributed by atoms with van der Waals surface area (Å²) in [5.74, 6) is -9.80. The van der Waals surface area contributed by atoms with E-state index in [0.717, 1.165) is 0 Å². The maximum Gasteiger partial charge on any atom is 0.245 e. The van der Waals surface area contributed by atoms with Crippen LogP contribution in [-0.2, 0) is 75.2 Å². The fourth-order valence-electron chi connectivity index (χ4n) is 11.0. The van der Waals surface area contributed by atoms with Gasteiger partial charge in [0.25, 0.3) is 0 Å². The van der Waals surface area contributed by atoms with E-state index in [1.165, 1.54) is 21.6 Å². The van der Waals surface area contributed by atoms with Crippen molar-refractivity contribution in [3.8, 4) is 0 Å². The molecule has 13 amide bonds. The van der Waals surface area contributed by atoms with Crippen molar-refractivity contribution in [2.45, 2.75) is 183 Å². The number of carbonyl (C=O) groups excluding carboxylic acids is 13. The monoisotopic (exact) mass is 1350 g/mol. The quantitative estimate of drug-likeness (QED) is 0.0173. The highest BCUT2D eigenvalue weighted by Gasteiger charge is 2.42. The number of aliphatic imine (C=N–C) groups is 1. The summed E-state index contributed by atoms with van der Waals surface area (Å²) < 4.78 is 0. The third-order valence-electron chi connectivity index (χ3n) is 16.0. The highest BCUT2D eigenvalue weighted by Crippen LogP contribution is 2.24. The molecule has 22 N–H and O–H groups in total. The molecular formula is C63H98N18O13S. The molecule has 0 spiro atoms. The molecular weight excluding hydrogens is 1250 g/mol. The lowest BCUT2D eigenvalue weighted by Gasteiger charge is -2.32. The number of amides is 13. The third-order valence-corrected chi connectivity index (χ3v) is 16.7. The van der Waals surface area contributed by atoms with Crippen LogP contribution < -0.4 is 82.7 Å². The Labute approximate surface area is 558 Å². The van der Waals surface area contributed by atoms with Gasteiger partial charge in [-0.15, -0.1) is 0 Å². The van der Waals surface area contributed by atoms with E-state index in [-0.39, 0.29) is 83.0 Å². The number of primary amides is 3. The summed E-state index contributed by atoms with van der Waals surface area (Å²) in [7, 11) is 0. The third kappa shape index (κ3) is 27.5. The minimum atomic E-state index is -1.64. The maximum atomic E-state index is 14.7. The average molecular weight is 1350 g/mol. The number of thioether (sulfide) groups is 1. The van der Waals surface area contributed by atoms with Crippen LogP contribution in [0.15, 0.2) is 65.7 Å². The van der Waals surface area contributed by atoms with Crippen molar-refractivity contribution in [1.82, 2.24) is 52.3 Å². The number of hydrogen-bond acceptors (Lipinski definition) is 17. The summed E-state index contributed by atoms with van der Waals surface area (Å²) in [4.78, 5) is 185. The highest BCUT2D eigenvalue weighted by molar-refractivity contribution is 7.98. The number of nitrogens with zero attached hydrogens (tertiary/aromatic N) is 3. The predicted octanol–water partition coefficient (Wildman–Crippen LogP) is -3.71. The van der Waals surface area contributed by atoms with Crippen LogP contribution in [0.1, 0.15) is 121 Å². The van der Waals surface area contributed by atoms with E-state index < -0.39 is 169 Å². The van der Waals surface area contributed by atoms with Crippen molar-refractivity contribution < 1.29 is 62.3 Å². The van der Waals surface area contributed by atoms with Gasteiger partial charge in [-0.3, -0.25) is 67.3 Å². The van der Waals surface area contributed by atoms with Crippen molar-refractivity contribution >= 4 is 94.5 Å². The number of benzene rings is 2. The second kappa shape index (κ2) is 41.0. The number of guanidine groups is 1. The van der Waals surface area contributed by atoms with Crippen LogP contribution in [0.4, 0.5) is 0 Å². The molecule has 524 valence electrons. The number of unbranched alkanes of at least 4 members (excludes halogenated alkanes) is 1. The number of nitrogens with two attached hydrogens (primary N) is 7. The Morgan fingerprint density at radius 1 is 0.537 bits per heavy atom. The van der Waals surface area contributed by atoms with Crippen LogP contribution in [-0.4, -0.2) is 198 Å². The van der Waals surface area contributed by atoms with Crippen molar-refractivity contribution in [2.24, 2.45) is 51.0 Å². The van der Waals surface area contributed by atoms with Gasteiger partial charge in [0.15, 0.2) is 5.96 Å². The van der Waals surface area contributed by atoms with E-state index in [1.54, 1.807) is 60.7 Å². The minimum Gasteiger partial charge on any atom is -0.370 e. The Balaban J connectivity index is 1.56. The largest absolute Gasteiger partial charge is 0.370 e. The van der Waals surface area contributed by atoms with Crippen molar-refractivity contribution in [2.75, 3.05) is 44.7 Å². The number of carbonyl (C=O) groups is 13. The molecule has 2 saturated heterocycles. The molecule has 2 heterocycles. The Morgan fingerprint density at radius 2 is 1.01 bits per heavy atom. The zero-order chi connectivity index (χ0) is 70.1. The molecule has 2 aromatic rings. The fourth-order valence-corrected chi connectivity index (χ4v) is 11.5. The van der Waals surface area contributed by atoms with Gasteiger partial charge in [0, 0.05) is 45.3 Å². The van der Waals surface area contributed by atoms with Crippen LogP contribution in [0.5, 0.6) is 0 Å². The number of rotatable bonds is 42. The molecule has 0 unspecified atom stereocenters. The Kier molecular flexibility index (Phi) is 33.9. The first-order valence-electron chi connectivity index (χ1n) is 32.2. The average Bonchev–Trinajstić information content (AvgIpc) is 1.74. The smallest absolute Gasteiger partial charge is 0.245 e. The first-order chi connectivity index (χ1) is 45.2. The van der Waals surface area contributed by atoms with Crippen molar-refractivity contribution in [1.29, 1.82) is 0 Å². The van der Waals surface area contributed by atoms with Gasteiger partial charge in [-0.1, -0.05) is 74.5 Å². The van der Waals surface area contributed by atoms with Crippen molar-refractivity contribution in [3.63, 3.8) is 0 Å². The highest BCUT2D eigenvalue weighted by atomic mass is 32.2. The van der Waals surface area contributed by atoms with Gasteiger partial charge in [-0.05, 0) is 119 Å². The lowest BCUT2D eigenvalue weighted by atomic mass is 10.0. The molecule has 31 nitrogen and oxygen atoms in total. The summed E-state index contributed by atoms with van der Waals surface area (Å²) in [6.45, 7) is 3.86. The number of hydrogen-bond donors (Lipinski definition) is 15. The summed E-state index contributed by atoms with van der Waals surface area (Å²) in [5.41, 5.74) is 40.6. The minimum absolute atomic E-state index is 0.0736. The van der Waals surface area contributed by atoms with E-state index in [1.807, 2.05) is 20.1 Å². The predicted molar refractivity (Wildman–Crippen MR) is 356 cm³/mol. The van der Waals surface area contributed by atoms with Gasteiger partial charge >= 0.3 is 0 Å². The van der Waals surface area contributed by atoms with Crippen molar-refractivity contribution in [3.05, 3.63) is 71.8 Å². The fraction of sp³-hybridized carbons (Fsp3) is 0.587. The Morgan fingerprint density at radius 3 is 1.51 bits per heavy atom. The van der Waals surface area contributed by atoms with Crippen LogP contribution in [0, 0.1) is 5.92 Å². The maximum absolute atomic E-state index is 14.7. The van der Waals surface area contributed by atoms with Crippen LogP contribution in [0.2, 0.25) is 0 Å². The first-order valence-corrected chi connectivity index (χ1v) is 33.6. The molecule has 32 heteroatoms. The summed E-state index contributed by atoms with van der Waals surface area (Å²) in [6, 6.07) is 4.51. The summed E-state index contributed by atoms with van der Waals surface area (Å²) >= 11 is 1.45. The molecule has 95 heavy (non-hydrogen) atoms. The normalized spacial score (nSPS) is 16.8. The molecule has 2 aliphatic heterocycles. The molecule has 2 fully saturated rings. The molecule has 4 rings (SSSR count). The first kappa shape index (κ1) is 78.5. The second-order valence-electron chi connectivity index (χ2n) is 24.1. The number of likely N-dealkylation sites (tertiary alicyclic amines) is 2. The number of nitrogens with one attached hydrogen (secondary N) is 8. The van der Waals surface area contributed by atoms with Gasteiger partial charge in [0.05, 0.1) is 12.6 Å². The van der Waals surface area contributed by atoms with Gasteiger partial charge in [0.2, 0.25) is 76.8 Å². The van der Waals surface area contributed by atoms with Crippen LogP contribution in [0.25, 0.3) is 0 Å². The Hall–Kier alpha value is -8.91. The molecule has 0 bridgehead atoms. The zero-order valence-electron chi connectivity index (χ0n) is 54.5. The lowest BCUT2D eigenvalue weighted by Crippen LogP contribution is -2.60. The standard InChI is InChI=1S/C63H98N18O13S/c1-37(2)33-45(57(89)74-41(53(68)85)27-32-95-3)73-52(84)36-72-54(86)46(34-38-15-6-4-7-16-38)78-58(90)47(35-39-17-8-5-9-18-39)79-56(88)42(23-25-50(66)82)75-55(87)43(24-26-51(67)83)76-59(91)49-22-14-31-81(49)62(94)44(20-10-11-28-64)77-60(92)48-21-13-30-80(48)61(93)40(65)19-12-29-71-63(69)70/h4-9,15-18,37,40-49H,10-14,19-36,64-65H2,1-3H3,(H2,66,82)(H2,67,83)(H2,68,85)(H,72,86)(H,73,84)(H,74,89)(H,75,87)(H,76,91)(H,77,92)(H,78,90)(H,79,88)(H4,69,70,71)/t40-,41+,42+,43+,44-,45+,46-,47-,48+,49-/m1/s1.